The number of nitrogens with zero attached hydrogens (tertiary/aromatic N) is 2. The van der Waals surface area contributed by atoms with E-state index in [-0.39, 0.29) is 41.5 Å². The van der Waals surface area contributed by atoms with Gasteiger partial charge in [-0.3, -0.25) is 4.79 Å². The van der Waals surface area contributed by atoms with Gasteiger partial charge in [-0.2, -0.15) is 0 Å². The summed E-state index contributed by atoms with van der Waals surface area (Å²) in [5, 5.41) is 29.9. The number of carbonyl (C=O) groups is 1. The summed E-state index contributed by atoms with van der Waals surface area (Å²) in [5.74, 6) is -0.441. The summed E-state index contributed by atoms with van der Waals surface area (Å²) in [5.41, 5.74) is 3.96. The van der Waals surface area contributed by atoms with Gasteiger partial charge in [0, 0.05) is 19.2 Å². The van der Waals surface area contributed by atoms with Crippen molar-refractivity contribution in [2.75, 3.05) is 20.7 Å². The second-order valence-electron chi connectivity index (χ2n) is 7.93. The van der Waals surface area contributed by atoms with Crippen molar-refractivity contribution in [2.45, 2.75) is 38.9 Å². The lowest BCUT2D eigenvalue weighted by atomic mass is 9.98. The number of amides is 1. The fraction of sp³-hybridized carbons (Fsp3) is 0.409. The number of rotatable bonds is 5. The van der Waals surface area contributed by atoms with Crippen LogP contribution in [0.1, 0.15) is 58.4 Å². The molecule has 0 radical (unpaired) electrons. The number of benzene rings is 2. The molecule has 0 bridgehead atoms. The van der Waals surface area contributed by atoms with Gasteiger partial charge >= 0.3 is 0 Å². The topological polar surface area (TPSA) is 84.2 Å². The van der Waals surface area contributed by atoms with Gasteiger partial charge in [0.15, 0.2) is 0 Å². The maximum Gasteiger partial charge on any atom is 0.258 e. The zero-order valence-electron chi connectivity index (χ0n) is 16.8. The summed E-state index contributed by atoms with van der Waals surface area (Å²) < 4.78 is 0. The molecule has 3 rings (SSSR count). The van der Waals surface area contributed by atoms with Gasteiger partial charge in [-0.1, -0.05) is 32.0 Å². The number of carbonyl (C=O) groups excluding carboxylic acids is 1. The van der Waals surface area contributed by atoms with Crippen LogP contribution in [-0.2, 0) is 13.1 Å². The minimum Gasteiger partial charge on any atom is -0.508 e. The number of aromatic hydroxyl groups is 2. The van der Waals surface area contributed by atoms with E-state index in [2.05, 4.69) is 0 Å². The second kappa shape index (κ2) is 7.81. The predicted octanol–water partition coefficient (Wildman–Crippen LogP) is 2.97. The first kappa shape index (κ1) is 20.2. The minimum atomic E-state index is -0.261. The number of fused-ring (bicyclic) bond motifs is 1. The van der Waals surface area contributed by atoms with Crippen LogP contribution in [0.15, 0.2) is 30.3 Å². The Morgan fingerprint density at radius 1 is 1.07 bits per heavy atom. The van der Waals surface area contributed by atoms with Crippen LogP contribution in [0, 0.1) is 0 Å². The quantitative estimate of drug-likeness (QED) is 0.738. The smallest absolute Gasteiger partial charge is 0.258 e. The van der Waals surface area contributed by atoms with E-state index in [4.69, 9.17) is 0 Å². The van der Waals surface area contributed by atoms with Crippen molar-refractivity contribution in [3.05, 3.63) is 58.1 Å². The Bertz CT molecular complexity index is 892. The first-order valence-corrected chi connectivity index (χ1v) is 9.47. The highest BCUT2D eigenvalue weighted by Crippen LogP contribution is 2.35. The molecule has 1 heterocycles. The SMILES string of the molecule is CC(C)c1cc(C(=O)N2Cc3ccc(C(CO)N(C)C)cc3C2)c(O)cc1O. The molecular formula is C22H28N2O4. The van der Waals surface area contributed by atoms with E-state index in [9.17, 15) is 20.1 Å². The van der Waals surface area contributed by atoms with E-state index in [1.165, 1.54) is 6.07 Å². The van der Waals surface area contributed by atoms with Crippen molar-refractivity contribution < 1.29 is 20.1 Å². The molecule has 2 aromatic carbocycles. The summed E-state index contributed by atoms with van der Waals surface area (Å²) in [6.07, 6.45) is 0. The Morgan fingerprint density at radius 3 is 2.36 bits per heavy atom. The summed E-state index contributed by atoms with van der Waals surface area (Å²) in [4.78, 5) is 16.7. The molecule has 3 N–H and O–H groups in total. The number of likely N-dealkylation sites (N-methyl/N-ethyl adjacent to an activating group) is 1. The molecule has 0 aromatic heterocycles. The maximum atomic E-state index is 13.0. The summed E-state index contributed by atoms with van der Waals surface area (Å²) in [6, 6.07) is 8.76. The summed E-state index contributed by atoms with van der Waals surface area (Å²) >= 11 is 0. The van der Waals surface area contributed by atoms with Gasteiger partial charge in [-0.15, -0.1) is 0 Å². The van der Waals surface area contributed by atoms with Gasteiger partial charge in [0.1, 0.15) is 11.5 Å². The second-order valence-corrected chi connectivity index (χ2v) is 7.93. The van der Waals surface area contributed by atoms with Gasteiger partial charge in [0.25, 0.3) is 5.91 Å². The van der Waals surface area contributed by atoms with Crippen LogP contribution in [-0.4, -0.2) is 51.7 Å². The van der Waals surface area contributed by atoms with E-state index in [1.54, 1.807) is 11.0 Å². The lowest BCUT2D eigenvalue weighted by molar-refractivity contribution is 0.0748. The van der Waals surface area contributed by atoms with Crippen molar-refractivity contribution in [3.8, 4) is 11.5 Å². The van der Waals surface area contributed by atoms with Crippen LogP contribution in [0.3, 0.4) is 0 Å². The zero-order chi connectivity index (χ0) is 20.6. The Balaban J connectivity index is 1.86. The van der Waals surface area contributed by atoms with E-state index in [0.717, 1.165) is 16.7 Å². The maximum absolute atomic E-state index is 13.0. The van der Waals surface area contributed by atoms with Crippen LogP contribution in [0.5, 0.6) is 11.5 Å². The van der Waals surface area contributed by atoms with Crippen LogP contribution < -0.4 is 0 Å². The molecule has 0 saturated carbocycles. The molecule has 0 saturated heterocycles. The molecule has 1 aliphatic rings. The molecular weight excluding hydrogens is 356 g/mol. The third-order valence-corrected chi connectivity index (χ3v) is 5.42. The fourth-order valence-electron chi connectivity index (χ4n) is 3.73. The molecule has 6 nitrogen and oxygen atoms in total. The molecule has 2 aromatic rings. The highest BCUT2D eigenvalue weighted by Gasteiger charge is 2.28. The highest BCUT2D eigenvalue weighted by atomic mass is 16.3. The number of phenolic OH excluding ortho intramolecular Hbond substituents is 2. The minimum absolute atomic E-state index is 0.00266. The molecule has 0 spiro atoms. The van der Waals surface area contributed by atoms with Gasteiger partial charge < -0.3 is 25.1 Å². The van der Waals surface area contributed by atoms with Gasteiger partial charge in [-0.25, -0.2) is 0 Å². The molecule has 1 aliphatic heterocycles. The van der Waals surface area contributed by atoms with E-state index < -0.39 is 0 Å². The normalized spacial score (nSPS) is 14.6. The van der Waals surface area contributed by atoms with E-state index in [0.29, 0.717) is 18.7 Å². The fourth-order valence-corrected chi connectivity index (χ4v) is 3.73. The Hall–Kier alpha value is -2.57. The largest absolute Gasteiger partial charge is 0.508 e. The van der Waals surface area contributed by atoms with Crippen LogP contribution in [0.2, 0.25) is 0 Å². The van der Waals surface area contributed by atoms with Crippen molar-refractivity contribution in [1.82, 2.24) is 9.80 Å². The highest BCUT2D eigenvalue weighted by molar-refractivity contribution is 5.97. The number of aliphatic hydroxyl groups excluding tert-OH is 1. The predicted molar refractivity (Wildman–Crippen MR) is 107 cm³/mol. The average molecular weight is 384 g/mol. The van der Waals surface area contributed by atoms with Crippen molar-refractivity contribution in [2.24, 2.45) is 0 Å². The molecule has 1 atom stereocenters. The van der Waals surface area contributed by atoms with Gasteiger partial charge in [0.2, 0.25) is 0 Å². The molecule has 1 amide bonds. The number of aliphatic hydroxyl groups is 1. The van der Waals surface area contributed by atoms with Crippen molar-refractivity contribution in [3.63, 3.8) is 0 Å². The Labute approximate surface area is 165 Å². The molecule has 28 heavy (non-hydrogen) atoms. The first-order valence-electron chi connectivity index (χ1n) is 9.47. The molecule has 0 aliphatic carbocycles. The number of hydrogen-bond donors (Lipinski definition) is 3. The number of phenols is 2. The van der Waals surface area contributed by atoms with Crippen LogP contribution in [0.25, 0.3) is 0 Å². The van der Waals surface area contributed by atoms with Crippen LogP contribution >= 0.6 is 0 Å². The molecule has 1 unspecified atom stereocenters. The van der Waals surface area contributed by atoms with Crippen LogP contribution in [0.4, 0.5) is 0 Å². The van der Waals surface area contributed by atoms with Crippen molar-refractivity contribution in [1.29, 1.82) is 0 Å². The Kier molecular flexibility index (Phi) is 5.63. The van der Waals surface area contributed by atoms with E-state index >= 15 is 0 Å². The first-order chi connectivity index (χ1) is 13.2. The van der Waals surface area contributed by atoms with Gasteiger partial charge in [-0.05, 0) is 48.3 Å². The lowest BCUT2D eigenvalue weighted by Gasteiger charge is -2.23. The summed E-state index contributed by atoms with van der Waals surface area (Å²) in [6.45, 7) is 4.79. The monoisotopic (exact) mass is 384 g/mol. The zero-order valence-corrected chi connectivity index (χ0v) is 16.8. The number of hydrogen-bond acceptors (Lipinski definition) is 5. The third-order valence-electron chi connectivity index (χ3n) is 5.42. The standard InChI is InChI=1S/C22H28N2O4/c1-13(2)17-8-18(21(27)9-20(17)26)22(28)24-10-15-6-5-14(7-16(15)11-24)19(12-25)23(3)4/h5-9,13,19,25-27H,10-12H2,1-4H3. The van der Waals surface area contributed by atoms with E-state index in [1.807, 2.05) is 51.0 Å². The molecule has 6 heteroatoms. The molecule has 0 fully saturated rings. The third kappa shape index (κ3) is 3.70. The van der Waals surface area contributed by atoms with Gasteiger partial charge in [0.05, 0.1) is 18.2 Å². The average Bonchev–Trinajstić information content (AvgIpc) is 3.04. The summed E-state index contributed by atoms with van der Waals surface area (Å²) in [7, 11) is 3.84. The van der Waals surface area contributed by atoms with Crippen molar-refractivity contribution >= 4 is 5.91 Å². The molecule has 150 valence electrons. The lowest BCUT2D eigenvalue weighted by Crippen LogP contribution is -2.25. The Morgan fingerprint density at radius 2 is 1.75 bits per heavy atom.